The van der Waals surface area contributed by atoms with Gasteiger partial charge in [0.1, 0.15) is 5.69 Å². The molecule has 9 nitrogen and oxygen atoms in total. The standard InChI is InChI=1S/C18H19N5O4/c24-23(25)18-15(19-10-12-5-2-1-3-6-12)9-14(16-17(18)22-27-21-16)20-11-13-7-4-8-26-13/h1-3,5-6,9,13,19-20H,4,7-8,10-11H2/t13-/m0/s1. The van der Waals surface area contributed by atoms with Gasteiger partial charge in [0.25, 0.3) is 0 Å². The van der Waals surface area contributed by atoms with E-state index in [0.29, 0.717) is 30.0 Å². The molecule has 2 heterocycles. The lowest BCUT2D eigenvalue weighted by Crippen LogP contribution is -2.18. The van der Waals surface area contributed by atoms with Crippen LogP contribution >= 0.6 is 0 Å². The summed E-state index contributed by atoms with van der Waals surface area (Å²) < 4.78 is 10.4. The van der Waals surface area contributed by atoms with Gasteiger partial charge in [-0.25, -0.2) is 4.63 Å². The largest absolute Gasteiger partial charge is 0.380 e. The number of anilines is 2. The van der Waals surface area contributed by atoms with E-state index in [0.717, 1.165) is 25.0 Å². The highest BCUT2D eigenvalue weighted by molar-refractivity contribution is 5.99. The molecule has 0 bridgehead atoms. The quantitative estimate of drug-likeness (QED) is 0.481. The van der Waals surface area contributed by atoms with Crippen LogP contribution in [-0.4, -0.2) is 34.5 Å². The zero-order valence-corrected chi connectivity index (χ0v) is 14.6. The highest BCUT2D eigenvalue weighted by Crippen LogP contribution is 2.37. The number of hydrogen-bond acceptors (Lipinski definition) is 8. The second-order valence-electron chi connectivity index (χ2n) is 6.39. The van der Waals surface area contributed by atoms with Crippen molar-refractivity contribution in [3.63, 3.8) is 0 Å². The summed E-state index contributed by atoms with van der Waals surface area (Å²) in [6, 6.07) is 11.3. The van der Waals surface area contributed by atoms with Gasteiger partial charge in [-0.1, -0.05) is 30.3 Å². The lowest BCUT2D eigenvalue weighted by atomic mass is 10.1. The van der Waals surface area contributed by atoms with E-state index in [1.807, 2.05) is 30.3 Å². The van der Waals surface area contributed by atoms with Crippen LogP contribution in [0.2, 0.25) is 0 Å². The molecule has 0 spiro atoms. The van der Waals surface area contributed by atoms with Crippen LogP contribution in [0.1, 0.15) is 18.4 Å². The Balaban J connectivity index is 1.64. The number of nitro benzene ring substituents is 1. The van der Waals surface area contributed by atoms with Gasteiger partial charge >= 0.3 is 5.69 Å². The maximum absolute atomic E-state index is 11.6. The topological polar surface area (TPSA) is 115 Å². The number of nitrogens with zero attached hydrogens (tertiary/aromatic N) is 3. The summed E-state index contributed by atoms with van der Waals surface area (Å²) in [5, 5.41) is 25.6. The van der Waals surface area contributed by atoms with Crippen LogP contribution in [-0.2, 0) is 11.3 Å². The van der Waals surface area contributed by atoms with E-state index in [2.05, 4.69) is 20.9 Å². The van der Waals surface area contributed by atoms with Crippen molar-refractivity contribution in [1.29, 1.82) is 0 Å². The first-order chi connectivity index (χ1) is 13.2. The predicted octanol–water partition coefficient (Wildman–Crippen LogP) is 3.33. The molecule has 1 atom stereocenters. The summed E-state index contributed by atoms with van der Waals surface area (Å²) in [6.45, 7) is 1.80. The molecule has 0 radical (unpaired) electrons. The average molecular weight is 369 g/mol. The number of benzene rings is 2. The van der Waals surface area contributed by atoms with Gasteiger partial charge in [0.2, 0.25) is 5.52 Å². The zero-order valence-electron chi connectivity index (χ0n) is 14.6. The molecular formula is C18H19N5O4. The van der Waals surface area contributed by atoms with Crippen LogP contribution in [0.3, 0.4) is 0 Å². The second kappa shape index (κ2) is 7.58. The highest BCUT2D eigenvalue weighted by atomic mass is 16.6. The van der Waals surface area contributed by atoms with Crippen molar-refractivity contribution < 1.29 is 14.3 Å². The molecule has 0 saturated carbocycles. The van der Waals surface area contributed by atoms with Crippen molar-refractivity contribution in [2.24, 2.45) is 0 Å². The van der Waals surface area contributed by atoms with Crippen molar-refractivity contribution in [3.8, 4) is 0 Å². The molecule has 3 aromatic rings. The fraction of sp³-hybridized carbons (Fsp3) is 0.333. The van der Waals surface area contributed by atoms with Gasteiger partial charge in [0.15, 0.2) is 5.52 Å². The van der Waals surface area contributed by atoms with E-state index in [4.69, 9.17) is 9.37 Å². The van der Waals surface area contributed by atoms with Gasteiger partial charge in [-0.2, -0.15) is 0 Å². The Morgan fingerprint density at radius 2 is 1.96 bits per heavy atom. The van der Waals surface area contributed by atoms with Crippen molar-refractivity contribution in [3.05, 3.63) is 52.1 Å². The number of fused-ring (bicyclic) bond motifs is 1. The van der Waals surface area contributed by atoms with Crippen molar-refractivity contribution in [1.82, 2.24) is 10.3 Å². The minimum absolute atomic E-state index is 0.118. The summed E-state index contributed by atoms with van der Waals surface area (Å²) in [7, 11) is 0. The monoisotopic (exact) mass is 369 g/mol. The number of aromatic nitrogens is 2. The highest BCUT2D eigenvalue weighted by Gasteiger charge is 2.26. The van der Waals surface area contributed by atoms with Crippen LogP contribution in [0.15, 0.2) is 41.0 Å². The van der Waals surface area contributed by atoms with E-state index < -0.39 is 4.92 Å². The van der Waals surface area contributed by atoms with Gasteiger partial charge in [-0.15, -0.1) is 0 Å². The molecule has 9 heteroatoms. The zero-order chi connectivity index (χ0) is 18.6. The molecular weight excluding hydrogens is 350 g/mol. The summed E-state index contributed by atoms with van der Waals surface area (Å²) in [4.78, 5) is 11.2. The first-order valence-electron chi connectivity index (χ1n) is 8.79. The van der Waals surface area contributed by atoms with E-state index in [-0.39, 0.29) is 17.3 Å². The number of nitro groups is 1. The van der Waals surface area contributed by atoms with Gasteiger partial charge in [0, 0.05) is 19.7 Å². The first kappa shape index (κ1) is 17.2. The summed E-state index contributed by atoms with van der Waals surface area (Å²) in [5.74, 6) is 0. The average Bonchev–Trinajstić information content (AvgIpc) is 3.36. The SMILES string of the molecule is O=[N+]([O-])c1c(NCc2ccccc2)cc(NC[C@@H]2CCCO2)c2nonc12. The van der Waals surface area contributed by atoms with E-state index >= 15 is 0 Å². The third kappa shape index (κ3) is 3.68. The lowest BCUT2D eigenvalue weighted by molar-refractivity contribution is -0.382. The molecule has 2 aromatic carbocycles. The van der Waals surface area contributed by atoms with Crippen LogP contribution in [0.4, 0.5) is 17.1 Å². The smallest absolute Gasteiger partial charge is 0.323 e. The molecule has 1 aliphatic rings. The molecule has 1 saturated heterocycles. The Bertz CT molecular complexity index is 938. The molecule has 0 amide bonds. The Morgan fingerprint density at radius 1 is 1.15 bits per heavy atom. The molecule has 27 heavy (non-hydrogen) atoms. The molecule has 1 aromatic heterocycles. The normalized spacial score (nSPS) is 16.5. The van der Waals surface area contributed by atoms with E-state index in [1.165, 1.54) is 0 Å². The van der Waals surface area contributed by atoms with Crippen molar-refractivity contribution in [2.75, 3.05) is 23.8 Å². The first-order valence-corrected chi connectivity index (χ1v) is 8.79. The fourth-order valence-electron chi connectivity index (χ4n) is 3.21. The van der Waals surface area contributed by atoms with Crippen LogP contribution in [0.5, 0.6) is 0 Å². The minimum atomic E-state index is -0.469. The number of nitrogens with one attached hydrogen (secondary N) is 2. The molecule has 1 aliphatic heterocycles. The number of ether oxygens (including phenoxy) is 1. The fourth-order valence-corrected chi connectivity index (χ4v) is 3.21. The van der Waals surface area contributed by atoms with E-state index in [1.54, 1.807) is 6.07 Å². The van der Waals surface area contributed by atoms with Gasteiger partial charge < -0.3 is 15.4 Å². The minimum Gasteiger partial charge on any atom is -0.380 e. The van der Waals surface area contributed by atoms with Crippen LogP contribution in [0.25, 0.3) is 11.0 Å². The molecule has 2 N–H and O–H groups in total. The van der Waals surface area contributed by atoms with Crippen LogP contribution in [0, 0.1) is 10.1 Å². The predicted molar refractivity (Wildman–Crippen MR) is 99.7 cm³/mol. The van der Waals surface area contributed by atoms with Gasteiger partial charge in [-0.3, -0.25) is 10.1 Å². The Kier molecular flexibility index (Phi) is 4.84. The lowest BCUT2D eigenvalue weighted by Gasteiger charge is -2.14. The van der Waals surface area contributed by atoms with E-state index in [9.17, 15) is 10.1 Å². The summed E-state index contributed by atoms with van der Waals surface area (Å²) >= 11 is 0. The maximum atomic E-state index is 11.6. The summed E-state index contributed by atoms with van der Waals surface area (Å²) in [6.07, 6.45) is 2.15. The van der Waals surface area contributed by atoms with Crippen molar-refractivity contribution in [2.45, 2.75) is 25.5 Å². The van der Waals surface area contributed by atoms with Crippen molar-refractivity contribution >= 4 is 28.1 Å². The molecule has 140 valence electrons. The molecule has 1 fully saturated rings. The third-order valence-electron chi connectivity index (χ3n) is 4.56. The Hall–Kier alpha value is -3.20. The molecule has 0 aliphatic carbocycles. The molecule has 4 rings (SSSR count). The number of hydrogen-bond donors (Lipinski definition) is 2. The van der Waals surface area contributed by atoms with Gasteiger partial charge in [0.05, 0.1) is 16.7 Å². The number of rotatable bonds is 7. The third-order valence-corrected chi connectivity index (χ3v) is 4.56. The maximum Gasteiger partial charge on any atom is 0.323 e. The molecule has 0 unspecified atom stereocenters. The Labute approximate surface area is 154 Å². The van der Waals surface area contributed by atoms with Gasteiger partial charge in [-0.05, 0) is 34.8 Å². The summed E-state index contributed by atoms with van der Waals surface area (Å²) in [5.41, 5.74) is 2.31. The Morgan fingerprint density at radius 3 is 2.70 bits per heavy atom. The van der Waals surface area contributed by atoms with Crippen LogP contribution < -0.4 is 10.6 Å². The second-order valence-corrected chi connectivity index (χ2v) is 6.39.